The Morgan fingerprint density at radius 2 is 2.00 bits per heavy atom. The van der Waals surface area contributed by atoms with Crippen molar-refractivity contribution in [1.29, 1.82) is 0 Å². The lowest BCUT2D eigenvalue weighted by Crippen LogP contribution is -2.38. The maximum Gasteiger partial charge on any atom is 0.243 e. The van der Waals surface area contributed by atoms with Crippen LogP contribution in [-0.4, -0.2) is 54.8 Å². The monoisotopic (exact) mass is 281 g/mol. The third-order valence-corrected chi connectivity index (χ3v) is 3.02. The van der Waals surface area contributed by atoms with Crippen LogP contribution in [0.2, 0.25) is 0 Å². The van der Waals surface area contributed by atoms with E-state index in [0.717, 1.165) is 19.6 Å². The van der Waals surface area contributed by atoms with E-state index in [1.165, 1.54) is 0 Å². The molecule has 0 radical (unpaired) electrons. The summed E-state index contributed by atoms with van der Waals surface area (Å²) >= 11 is 0. The van der Waals surface area contributed by atoms with Gasteiger partial charge >= 0.3 is 0 Å². The van der Waals surface area contributed by atoms with Crippen LogP contribution in [0.25, 0.3) is 0 Å². The molecule has 1 aliphatic heterocycles. The van der Waals surface area contributed by atoms with Crippen molar-refractivity contribution >= 4 is 17.8 Å². The highest BCUT2D eigenvalue weighted by atomic mass is 16.5. The lowest BCUT2D eigenvalue weighted by Gasteiger charge is -2.28. The summed E-state index contributed by atoms with van der Waals surface area (Å²) in [6.45, 7) is 8.12. The van der Waals surface area contributed by atoms with Crippen molar-refractivity contribution in [2.45, 2.75) is 13.8 Å². The molecule has 1 fully saturated rings. The second kappa shape index (κ2) is 6.67. The molecule has 3 N–H and O–H groups in total. The first-order chi connectivity index (χ1) is 9.60. The number of anilines is 3. The third kappa shape index (κ3) is 3.67. The normalized spacial score (nSPS) is 15.6. The number of nitrogens with one attached hydrogen (secondary N) is 1. The standard InChI is InChI=1S/C12H23N7O/c1-9(2)8-18(3)11-14-10(17-13)15-12(16-11)19-4-6-20-7-5-19/h9H,4-8,13H2,1-3H3,(H,14,15,16,17). The second-order valence-electron chi connectivity index (χ2n) is 5.28. The van der Waals surface area contributed by atoms with E-state index >= 15 is 0 Å². The van der Waals surface area contributed by atoms with E-state index in [0.29, 0.717) is 37.0 Å². The number of nitrogens with zero attached hydrogens (tertiary/aromatic N) is 5. The second-order valence-corrected chi connectivity index (χ2v) is 5.28. The maximum atomic E-state index is 5.45. The molecule has 0 atom stereocenters. The van der Waals surface area contributed by atoms with Crippen LogP contribution in [0.15, 0.2) is 0 Å². The van der Waals surface area contributed by atoms with Gasteiger partial charge in [0.15, 0.2) is 0 Å². The molecule has 0 unspecified atom stereocenters. The average molecular weight is 281 g/mol. The smallest absolute Gasteiger partial charge is 0.243 e. The highest BCUT2D eigenvalue weighted by molar-refractivity contribution is 5.44. The van der Waals surface area contributed by atoms with Crippen LogP contribution >= 0.6 is 0 Å². The van der Waals surface area contributed by atoms with Crippen molar-refractivity contribution < 1.29 is 4.74 Å². The molecule has 0 aromatic carbocycles. The lowest BCUT2D eigenvalue weighted by molar-refractivity contribution is 0.122. The maximum absolute atomic E-state index is 5.45. The number of hydrazine groups is 1. The van der Waals surface area contributed by atoms with E-state index in [-0.39, 0.29) is 0 Å². The van der Waals surface area contributed by atoms with Crippen LogP contribution in [0.4, 0.5) is 17.8 Å². The number of hydrogen-bond donors (Lipinski definition) is 2. The number of morpholine rings is 1. The molecule has 1 saturated heterocycles. The minimum absolute atomic E-state index is 0.382. The van der Waals surface area contributed by atoms with Gasteiger partial charge in [-0.1, -0.05) is 13.8 Å². The molecule has 0 amide bonds. The van der Waals surface area contributed by atoms with E-state index < -0.39 is 0 Å². The van der Waals surface area contributed by atoms with Gasteiger partial charge in [0.2, 0.25) is 17.8 Å². The molecule has 0 spiro atoms. The minimum atomic E-state index is 0.382. The zero-order valence-electron chi connectivity index (χ0n) is 12.3. The van der Waals surface area contributed by atoms with Gasteiger partial charge in [0.25, 0.3) is 0 Å². The van der Waals surface area contributed by atoms with Crippen LogP contribution in [0.3, 0.4) is 0 Å². The Balaban J connectivity index is 2.23. The fourth-order valence-electron chi connectivity index (χ4n) is 2.12. The largest absolute Gasteiger partial charge is 0.378 e. The Labute approximate surface area is 119 Å². The van der Waals surface area contributed by atoms with Crippen LogP contribution < -0.4 is 21.1 Å². The first kappa shape index (κ1) is 14.7. The Morgan fingerprint density at radius 3 is 2.60 bits per heavy atom. The van der Waals surface area contributed by atoms with Crippen molar-refractivity contribution in [2.24, 2.45) is 11.8 Å². The van der Waals surface area contributed by atoms with Crippen molar-refractivity contribution in [2.75, 3.05) is 55.1 Å². The molecule has 2 heterocycles. The third-order valence-electron chi connectivity index (χ3n) is 3.02. The van der Waals surface area contributed by atoms with E-state index in [4.69, 9.17) is 10.6 Å². The number of rotatable bonds is 5. The number of ether oxygens (including phenoxy) is 1. The summed E-state index contributed by atoms with van der Waals surface area (Å²) in [6.07, 6.45) is 0. The molecule has 8 heteroatoms. The van der Waals surface area contributed by atoms with Gasteiger partial charge in [-0.25, -0.2) is 5.84 Å². The number of nitrogen functional groups attached to an aromatic ring is 1. The Kier molecular flexibility index (Phi) is 4.91. The van der Waals surface area contributed by atoms with Crippen LogP contribution in [0, 0.1) is 5.92 Å². The molecule has 1 aromatic rings. The quantitative estimate of drug-likeness (QED) is 0.579. The van der Waals surface area contributed by atoms with Crippen molar-refractivity contribution in [3.63, 3.8) is 0 Å². The van der Waals surface area contributed by atoms with Crippen LogP contribution in [-0.2, 0) is 4.74 Å². The lowest BCUT2D eigenvalue weighted by atomic mass is 10.2. The average Bonchev–Trinajstić information content (AvgIpc) is 2.47. The summed E-state index contributed by atoms with van der Waals surface area (Å²) in [5.74, 6) is 7.63. The molecule has 1 aromatic heterocycles. The molecular weight excluding hydrogens is 258 g/mol. The molecule has 0 saturated carbocycles. The van der Waals surface area contributed by atoms with Gasteiger partial charge < -0.3 is 14.5 Å². The van der Waals surface area contributed by atoms with E-state index in [1.807, 2.05) is 11.9 Å². The summed E-state index contributed by atoms with van der Waals surface area (Å²) in [4.78, 5) is 17.3. The van der Waals surface area contributed by atoms with Crippen molar-refractivity contribution in [3.8, 4) is 0 Å². The molecule has 2 rings (SSSR count). The van der Waals surface area contributed by atoms with Gasteiger partial charge in [0, 0.05) is 26.7 Å². The van der Waals surface area contributed by atoms with E-state index in [9.17, 15) is 0 Å². The first-order valence-corrected chi connectivity index (χ1v) is 6.86. The van der Waals surface area contributed by atoms with Gasteiger partial charge in [-0.05, 0) is 5.92 Å². The number of nitrogens with two attached hydrogens (primary N) is 1. The molecule has 1 aliphatic rings. The highest BCUT2D eigenvalue weighted by Gasteiger charge is 2.18. The summed E-state index contributed by atoms with van der Waals surface area (Å²) in [6, 6.07) is 0. The Bertz CT molecular complexity index is 434. The first-order valence-electron chi connectivity index (χ1n) is 6.86. The van der Waals surface area contributed by atoms with E-state index in [2.05, 4.69) is 39.1 Å². The van der Waals surface area contributed by atoms with Crippen molar-refractivity contribution in [3.05, 3.63) is 0 Å². The zero-order chi connectivity index (χ0) is 14.5. The zero-order valence-corrected chi connectivity index (χ0v) is 12.3. The molecule has 20 heavy (non-hydrogen) atoms. The Morgan fingerprint density at radius 1 is 1.30 bits per heavy atom. The summed E-state index contributed by atoms with van der Waals surface area (Å²) in [5, 5.41) is 0. The molecular formula is C12H23N7O. The van der Waals surface area contributed by atoms with Crippen LogP contribution in [0.5, 0.6) is 0 Å². The van der Waals surface area contributed by atoms with Crippen molar-refractivity contribution in [1.82, 2.24) is 15.0 Å². The fraction of sp³-hybridized carbons (Fsp3) is 0.750. The summed E-state index contributed by atoms with van der Waals surface area (Å²) in [7, 11) is 1.97. The molecule has 0 aliphatic carbocycles. The minimum Gasteiger partial charge on any atom is -0.378 e. The number of hydrogen-bond acceptors (Lipinski definition) is 8. The summed E-state index contributed by atoms with van der Waals surface area (Å²) < 4.78 is 5.34. The van der Waals surface area contributed by atoms with Gasteiger partial charge in [-0.15, -0.1) is 0 Å². The molecule has 0 bridgehead atoms. The van der Waals surface area contributed by atoms with Gasteiger partial charge in [0.05, 0.1) is 13.2 Å². The Hall–Kier alpha value is -1.67. The molecule has 112 valence electrons. The van der Waals surface area contributed by atoms with Gasteiger partial charge in [-0.2, -0.15) is 15.0 Å². The predicted molar refractivity (Wildman–Crippen MR) is 78.8 cm³/mol. The molecule has 8 nitrogen and oxygen atoms in total. The van der Waals surface area contributed by atoms with Gasteiger partial charge in [0.1, 0.15) is 0 Å². The number of aromatic nitrogens is 3. The predicted octanol–water partition coefficient (Wildman–Crippen LogP) is 0.0860. The highest BCUT2D eigenvalue weighted by Crippen LogP contribution is 2.17. The van der Waals surface area contributed by atoms with E-state index in [1.54, 1.807) is 0 Å². The summed E-state index contributed by atoms with van der Waals surface area (Å²) in [5.41, 5.74) is 2.51. The fourth-order valence-corrected chi connectivity index (χ4v) is 2.12. The SMILES string of the molecule is CC(C)CN(C)c1nc(NN)nc(N2CCOCC2)n1. The van der Waals surface area contributed by atoms with Crippen LogP contribution in [0.1, 0.15) is 13.8 Å². The van der Waals surface area contributed by atoms with Gasteiger partial charge in [-0.3, -0.25) is 5.43 Å². The topological polar surface area (TPSA) is 92.4 Å².